The van der Waals surface area contributed by atoms with E-state index in [1.54, 1.807) is 0 Å². The molecular formula is C14H31NO2. The average Bonchev–Trinajstić information content (AvgIpc) is 2.26. The van der Waals surface area contributed by atoms with Gasteiger partial charge in [0.25, 0.3) is 0 Å². The minimum absolute atomic E-state index is 0.384. The Hall–Kier alpha value is -0.120. The van der Waals surface area contributed by atoms with Gasteiger partial charge in [-0.05, 0) is 45.6 Å². The van der Waals surface area contributed by atoms with E-state index in [1.807, 2.05) is 6.92 Å². The summed E-state index contributed by atoms with van der Waals surface area (Å²) < 4.78 is 11.0. The quantitative estimate of drug-likeness (QED) is 0.536. The summed E-state index contributed by atoms with van der Waals surface area (Å²) in [6.07, 6.45) is 3.86. The molecule has 0 aromatic rings. The lowest BCUT2D eigenvalue weighted by atomic mass is 10.1. The summed E-state index contributed by atoms with van der Waals surface area (Å²) in [5.74, 6) is 0.719. The van der Waals surface area contributed by atoms with Crippen molar-refractivity contribution in [3.63, 3.8) is 0 Å². The van der Waals surface area contributed by atoms with Gasteiger partial charge >= 0.3 is 0 Å². The molecule has 0 amide bonds. The summed E-state index contributed by atoms with van der Waals surface area (Å²) in [4.78, 5) is 0. The minimum atomic E-state index is 0.384. The van der Waals surface area contributed by atoms with E-state index in [4.69, 9.17) is 9.47 Å². The number of rotatable bonds is 12. The molecule has 0 saturated carbocycles. The van der Waals surface area contributed by atoms with E-state index in [2.05, 4.69) is 26.1 Å². The van der Waals surface area contributed by atoms with Crippen LogP contribution in [0, 0.1) is 5.92 Å². The van der Waals surface area contributed by atoms with E-state index in [9.17, 15) is 0 Å². The van der Waals surface area contributed by atoms with Gasteiger partial charge in [-0.3, -0.25) is 0 Å². The van der Waals surface area contributed by atoms with E-state index in [0.29, 0.717) is 6.10 Å². The molecule has 0 saturated heterocycles. The van der Waals surface area contributed by atoms with Crippen LogP contribution in [0.15, 0.2) is 0 Å². The third-order valence-corrected chi connectivity index (χ3v) is 2.58. The first kappa shape index (κ1) is 16.9. The molecule has 0 aromatic heterocycles. The Bertz CT molecular complexity index is 151. The van der Waals surface area contributed by atoms with Gasteiger partial charge in [0, 0.05) is 19.8 Å². The van der Waals surface area contributed by atoms with E-state index in [-0.39, 0.29) is 0 Å². The van der Waals surface area contributed by atoms with Crippen molar-refractivity contribution in [1.29, 1.82) is 0 Å². The average molecular weight is 245 g/mol. The normalized spacial score (nSPS) is 13.2. The maximum Gasteiger partial charge on any atom is 0.0594 e. The van der Waals surface area contributed by atoms with Crippen molar-refractivity contribution in [2.75, 3.05) is 32.9 Å². The third-order valence-electron chi connectivity index (χ3n) is 2.58. The van der Waals surface area contributed by atoms with Crippen LogP contribution in [-0.4, -0.2) is 39.0 Å². The van der Waals surface area contributed by atoms with E-state index in [1.165, 1.54) is 6.42 Å². The van der Waals surface area contributed by atoms with Crippen molar-refractivity contribution in [3.8, 4) is 0 Å². The minimum Gasteiger partial charge on any atom is -0.382 e. The van der Waals surface area contributed by atoms with Crippen LogP contribution >= 0.6 is 0 Å². The number of unbranched alkanes of at least 4 members (excludes halogenated alkanes) is 1. The zero-order valence-electron chi connectivity index (χ0n) is 12.1. The van der Waals surface area contributed by atoms with Gasteiger partial charge in [-0.25, -0.2) is 0 Å². The Balaban J connectivity index is 3.07. The molecular weight excluding hydrogens is 214 g/mol. The molecule has 1 atom stereocenters. The lowest BCUT2D eigenvalue weighted by Gasteiger charge is -2.15. The summed E-state index contributed by atoms with van der Waals surface area (Å²) in [5, 5.41) is 3.39. The fourth-order valence-electron chi connectivity index (χ4n) is 1.79. The van der Waals surface area contributed by atoms with Crippen molar-refractivity contribution >= 4 is 0 Å². The number of ether oxygens (including phenoxy) is 2. The second kappa shape index (κ2) is 12.3. The highest BCUT2D eigenvalue weighted by molar-refractivity contribution is 4.55. The van der Waals surface area contributed by atoms with Crippen LogP contribution in [0.3, 0.4) is 0 Å². The molecule has 3 nitrogen and oxygen atoms in total. The van der Waals surface area contributed by atoms with Gasteiger partial charge in [0.1, 0.15) is 0 Å². The first-order valence-corrected chi connectivity index (χ1v) is 7.06. The van der Waals surface area contributed by atoms with Gasteiger partial charge in [0.15, 0.2) is 0 Å². The Morgan fingerprint density at radius 3 is 2.41 bits per heavy atom. The van der Waals surface area contributed by atoms with Crippen LogP contribution in [0.25, 0.3) is 0 Å². The first-order chi connectivity index (χ1) is 8.16. The van der Waals surface area contributed by atoms with Crippen LogP contribution in [0.1, 0.15) is 47.0 Å². The number of hydrogen-bond donors (Lipinski definition) is 1. The van der Waals surface area contributed by atoms with Gasteiger partial charge in [-0.1, -0.05) is 13.8 Å². The van der Waals surface area contributed by atoms with Crippen LogP contribution < -0.4 is 5.32 Å². The van der Waals surface area contributed by atoms with E-state index >= 15 is 0 Å². The third kappa shape index (κ3) is 13.8. The summed E-state index contributed by atoms with van der Waals surface area (Å²) in [6, 6.07) is 0. The molecule has 0 heterocycles. The number of nitrogens with one attached hydrogen (secondary N) is 1. The van der Waals surface area contributed by atoms with Gasteiger partial charge in [-0.15, -0.1) is 0 Å². The second-order valence-corrected chi connectivity index (χ2v) is 4.96. The largest absolute Gasteiger partial charge is 0.382 e. The van der Waals surface area contributed by atoms with E-state index < -0.39 is 0 Å². The molecule has 3 heteroatoms. The lowest BCUT2D eigenvalue weighted by Crippen LogP contribution is -2.23. The Morgan fingerprint density at radius 2 is 1.76 bits per heavy atom. The van der Waals surface area contributed by atoms with Crippen molar-refractivity contribution in [3.05, 3.63) is 0 Å². The molecule has 1 unspecified atom stereocenters. The maximum atomic E-state index is 5.71. The molecule has 0 bridgehead atoms. The van der Waals surface area contributed by atoms with Crippen LogP contribution in [0.5, 0.6) is 0 Å². The predicted molar refractivity (Wildman–Crippen MR) is 73.5 cm³/mol. The van der Waals surface area contributed by atoms with Crippen LogP contribution in [-0.2, 0) is 9.47 Å². The number of hydrogen-bond acceptors (Lipinski definition) is 3. The van der Waals surface area contributed by atoms with Gasteiger partial charge in [0.05, 0.1) is 12.7 Å². The highest BCUT2D eigenvalue weighted by Crippen LogP contribution is 2.06. The lowest BCUT2D eigenvalue weighted by molar-refractivity contribution is 0.0539. The fraction of sp³-hybridized carbons (Fsp3) is 1.00. The molecule has 0 aromatic carbocycles. The van der Waals surface area contributed by atoms with Gasteiger partial charge < -0.3 is 14.8 Å². The SMILES string of the molecule is CCOCCCCNCCOC(C)CC(C)C. The van der Waals surface area contributed by atoms with Crippen LogP contribution in [0.2, 0.25) is 0 Å². The molecule has 0 aliphatic rings. The predicted octanol–water partition coefficient (Wildman–Crippen LogP) is 2.84. The van der Waals surface area contributed by atoms with Crippen LogP contribution in [0.4, 0.5) is 0 Å². The van der Waals surface area contributed by atoms with E-state index in [0.717, 1.165) is 51.7 Å². The molecule has 1 N–H and O–H groups in total. The Kier molecular flexibility index (Phi) is 12.3. The highest BCUT2D eigenvalue weighted by atomic mass is 16.5. The molecule has 0 radical (unpaired) electrons. The second-order valence-electron chi connectivity index (χ2n) is 4.96. The monoisotopic (exact) mass is 245 g/mol. The molecule has 0 aliphatic carbocycles. The van der Waals surface area contributed by atoms with Crippen molar-refractivity contribution in [2.45, 2.75) is 53.1 Å². The molecule has 0 fully saturated rings. The Morgan fingerprint density at radius 1 is 1.00 bits per heavy atom. The standard InChI is InChI=1S/C14H31NO2/c1-5-16-10-7-6-8-15-9-11-17-14(4)12-13(2)3/h13-15H,5-12H2,1-4H3. The molecule has 0 spiro atoms. The first-order valence-electron chi connectivity index (χ1n) is 7.06. The molecule has 17 heavy (non-hydrogen) atoms. The maximum absolute atomic E-state index is 5.71. The van der Waals surface area contributed by atoms with Gasteiger partial charge in [0.2, 0.25) is 0 Å². The molecule has 104 valence electrons. The molecule has 0 rings (SSSR count). The summed E-state index contributed by atoms with van der Waals surface area (Å²) in [6.45, 7) is 13.2. The Labute approximate surface area is 107 Å². The smallest absolute Gasteiger partial charge is 0.0594 e. The van der Waals surface area contributed by atoms with Crippen molar-refractivity contribution in [2.24, 2.45) is 5.92 Å². The van der Waals surface area contributed by atoms with Crippen molar-refractivity contribution in [1.82, 2.24) is 5.32 Å². The molecule has 0 aliphatic heterocycles. The fourth-order valence-corrected chi connectivity index (χ4v) is 1.79. The summed E-state index contributed by atoms with van der Waals surface area (Å²) >= 11 is 0. The van der Waals surface area contributed by atoms with Gasteiger partial charge in [-0.2, -0.15) is 0 Å². The zero-order chi connectivity index (χ0) is 12.9. The highest BCUT2D eigenvalue weighted by Gasteiger charge is 2.04. The summed E-state index contributed by atoms with van der Waals surface area (Å²) in [7, 11) is 0. The summed E-state index contributed by atoms with van der Waals surface area (Å²) in [5.41, 5.74) is 0. The zero-order valence-corrected chi connectivity index (χ0v) is 12.1. The topological polar surface area (TPSA) is 30.5 Å². The van der Waals surface area contributed by atoms with Crippen molar-refractivity contribution < 1.29 is 9.47 Å².